The third-order valence-corrected chi connectivity index (χ3v) is 3.62. The minimum absolute atomic E-state index is 0.0421. The van der Waals surface area contributed by atoms with Gasteiger partial charge in [-0.25, -0.2) is 22.0 Å². The molecular weight excluding hydrogens is 281 g/mol. The fourth-order valence-electron chi connectivity index (χ4n) is 2.42. The molecule has 7 heteroatoms. The number of hydrogen-bond donors (Lipinski definition) is 2. The van der Waals surface area contributed by atoms with E-state index in [0.717, 1.165) is 12.8 Å². The van der Waals surface area contributed by atoms with Crippen LogP contribution >= 0.6 is 0 Å². The molecule has 0 aromatic heterocycles. The second-order valence-electron chi connectivity index (χ2n) is 4.94. The largest absolute Gasteiger partial charge is 0.393 e. The van der Waals surface area contributed by atoms with Crippen molar-refractivity contribution in [3.63, 3.8) is 0 Å². The SMILES string of the molecule is OC1CCCCC1CNc1c(F)c(F)c(F)c(F)c1F. The molecule has 1 saturated carbocycles. The normalized spacial score (nSPS) is 22.9. The first-order chi connectivity index (χ1) is 9.43. The average Bonchev–Trinajstić information content (AvgIpc) is 2.45. The summed E-state index contributed by atoms with van der Waals surface area (Å²) in [5.41, 5.74) is -1.04. The van der Waals surface area contributed by atoms with Crippen molar-refractivity contribution in [2.75, 3.05) is 11.9 Å². The number of halogens is 5. The van der Waals surface area contributed by atoms with Crippen LogP contribution in [0.1, 0.15) is 25.7 Å². The Kier molecular flexibility index (Phi) is 4.47. The number of anilines is 1. The number of hydrogen-bond acceptors (Lipinski definition) is 2. The minimum atomic E-state index is -2.18. The summed E-state index contributed by atoms with van der Waals surface area (Å²) >= 11 is 0. The number of aliphatic hydroxyl groups is 1. The van der Waals surface area contributed by atoms with Crippen molar-refractivity contribution in [1.82, 2.24) is 0 Å². The van der Waals surface area contributed by atoms with Crippen LogP contribution in [0.3, 0.4) is 0 Å². The van der Waals surface area contributed by atoms with Crippen LogP contribution in [0.25, 0.3) is 0 Å². The van der Waals surface area contributed by atoms with Gasteiger partial charge in [-0.2, -0.15) is 0 Å². The Hall–Kier alpha value is -1.37. The molecule has 1 aliphatic carbocycles. The Bertz CT molecular complexity index is 479. The summed E-state index contributed by atoms with van der Waals surface area (Å²) in [5.74, 6) is -10.2. The van der Waals surface area contributed by atoms with Gasteiger partial charge < -0.3 is 10.4 Å². The highest BCUT2D eigenvalue weighted by Gasteiger charge is 2.28. The maximum atomic E-state index is 13.4. The predicted octanol–water partition coefficient (Wildman–Crippen LogP) is 3.35. The third-order valence-electron chi connectivity index (χ3n) is 3.62. The summed E-state index contributed by atoms with van der Waals surface area (Å²) < 4.78 is 65.7. The van der Waals surface area contributed by atoms with Gasteiger partial charge in [0, 0.05) is 12.5 Å². The van der Waals surface area contributed by atoms with Crippen molar-refractivity contribution in [2.45, 2.75) is 31.8 Å². The lowest BCUT2D eigenvalue weighted by Crippen LogP contribution is -2.30. The van der Waals surface area contributed by atoms with Gasteiger partial charge in [-0.05, 0) is 12.8 Å². The summed E-state index contributed by atoms with van der Waals surface area (Å²) in [6.07, 6.45) is 2.31. The Labute approximate surface area is 112 Å². The van der Waals surface area contributed by atoms with Crippen molar-refractivity contribution < 1.29 is 27.1 Å². The van der Waals surface area contributed by atoms with Crippen molar-refractivity contribution in [1.29, 1.82) is 0 Å². The summed E-state index contributed by atoms with van der Waals surface area (Å²) in [6.45, 7) is -0.0421. The van der Waals surface area contributed by atoms with Crippen molar-refractivity contribution in [3.05, 3.63) is 29.1 Å². The van der Waals surface area contributed by atoms with E-state index in [4.69, 9.17) is 0 Å². The van der Waals surface area contributed by atoms with E-state index in [1.807, 2.05) is 0 Å². The van der Waals surface area contributed by atoms with Crippen molar-refractivity contribution in [2.24, 2.45) is 5.92 Å². The lowest BCUT2D eigenvalue weighted by atomic mass is 9.86. The highest BCUT2D eigenvalue weighted by molar-refractivity contribution is 5.47. The molecular formula is C13H14F5NO. The van der Waals surface area contributed by atoms with E-state index < -0.39 is 40.9 Å². The van der Waals surface area contributed by atoms with Gasteiger partial charge in [-0.1, -0.05) is 12.8 Å². The van der Waals surface area contributed by atoms with Gasteiger partial charge in [0.05, 0.1) is 6.10 Å². The standard InChI is InChI=1S/C13H14F5NO/c14-8-9(15)11(17)13(12(18)10(8)16)19-5-6-3-1-2-4-7(6)20/h6-7,19-20H,1-5H2. The zero-order chi connectivity index (χ0) is 14.9. The third kappa shape index (κ3) is 2.72. The first-order valence-electron chi connectivity index (χ1n) is 6.36. The number of aliphatic hydroxyl groups excluding tert-OH is 1. The Balaban J connectivity index is 2.17. The van der Waals surface area contributed by atoms with Gasteiger partial charge in [-0.3, -0.25) is 0 Å². The lowest BCUT2D eigenvalue weighted by molar-refractivity contribution is 0.0762. The topological polar surface area (TPSA) is 32.3 Å². The zero-order valence-electron chi connectivity index (χ0n) is 10.5. The number of benzene rings is 1. The molecule has 0 spiro atoms. The molecule has 1 aromatic rings. The molecule has 2 N–H and O–H groups in total. The molecule has 112 valence electrons. The molecule has 1 aliphatic rings. The van der Waals surface area contributed by atoms with Gasteiger partial charge in [-0.15, -0.1) is 0 Å². The van der Waals surface area contributed by atoms with Gasteiger partial charge in [0.1, 0.15) is 5.69 Å². The molecule has 20 heavy (non-hydrogen) atoms. The van der Waals surface area contributed by atoms with E-state index >= 15 is 0 Å². The van der Waals surface area contributed by atoms with Crippen LogP contribution in [0, 0.1) is 35.0 Å². The molecule has 0 saturated heterocycles. The van der Waals surface area contributed by atoms with Gasteiger partial charge in [0.2, 0.25) is 5.82 Å². The van der Waals surface area contributed by atoms with Crippen LogP contribution in [-0.4, -0.2) is 17.8 Å². The van der Waals surface area contributed by atoms with Crippen LogP contribution in [0.15, 0.2) is 0 Å². The van der Waals surface area contributed by atoms with E-state index in [2.05, 4.69) is 5.32 Å². The average molecular weight is 295 g/mol. The molecule has 2 rings (SSSR count). The second kappa shape index (κ2) is 5.95. The monoisotopic (exact) mass is 295 g/mol. The first kappa shape index (κ1) is 15.0. The van der Waals surface area contributed by atoms with E-state index in [1.54, 1.807) is 0 Å². The highest BCUT2D eigenvalue weighted by atomic mass is 19.2. The van der Waals surface area contributed by atoms with Crippen molar-refractivity contribution in [3.8, 4) is 0 Å². The van der Waals surface area contributed by atoms with Crippen molar-refractivity contribution >= 4 is 5.69 Å². The molecule has 1 aromatic carbocycles. The smallest absolute Gasteiger partial charge is 0.200 e. The molecule has 0 aliphatic heterocycles. The summed E-state index contributed by atoms with van der Waals surface area (Å²) in [4.78, 5) is 0. The van der Waals surface area contributed by atoms with Crippen LogP contribution < -0.4 is 5.32 Å². The van der Waals surface area contributed by atoms with Gasteiger partial charge in [0.25, 0.3) is 0 Å². The molecule has 2 unspecified atom stereocenters. The van der Waals surface area contributed by atoms with E-state index in [-0.39, 0.29) is 12.5 Å². The van der Waals surface area contributed by atoms with Crippen LogP contribution in [0.2, 0.25) is 0 Å². The Morgan fingerprint density at radius 3 is 1.90 bits per heavy atom. The molecule has 0 heterocycles. The molecule has 2 atom stereocenters. The second-order valence-corrected chi connectivity index (χ2v) is 4.94. The van der Waals surface area contributed by atoms with Gasteiger partial charge >= 0.3 is 0 Å². The van der Waals surface area contributed by atoms with Crippen LogP contribution in [0.4, 0.5) is 27.6 Å². The molecule has 0 bridgehead atoms. The highest BCUT2D eigenvalue weighted by Crippen LogP contribution is 2.29. The fraction of sp³-hybridized carbons (Fsp3) is 0.538. The number of rotatable bonds is 3. The van der Waals surface area contributed by atoms with Crippen LogP contribution in [-0.2, 0) is 0 Å². The zero-order valence-corrected chi connectivity index (χ0v) is 10.5. The predicted molar refractivity (Wildman–Crippen MR) is 62.7 cm³/mol. The number of nitrogens with one attached hydrogen (secondary N) is 1. The summed E-state index contributed by atoms with van der Waals surface area (Å²) in [6, 6.07) is 0. The first-order valence-corrected chi connectivity index (χ1v) is 6.36. The summed E-state index contributed by atoms with van der Waals surface area (Å²) in [7, 11) is 0. The maximum Gasteiger partial charge on any atom is 0.200 e. The maximum absolute atomic E-state index is 13.4. The molecule has 1 fully saturated rings. The van der Waals surface area contributed by atoms with E-state index in [9.17, 15) is 27.1 Å². The molecule has 0 radical (unpaired) electrons. The van der Waals surface area contributed by atoms with E-state index in [0.29, 0.717) is 12.8 Å². The lowest BCUT2D eigenvalue weighted by Gasteiger charge is -2.28. The molecule has 2 nitrogen and oxygen atoms in total. The Morgan fingerprint density at radius 2 is 1.35 bits per heavy atom. The fourth-order valence-corrected chi connectivity index (χ4v) is 2.42. The van der Waals surface area contributed by atoms with Gasteiger partial charge in [0.15, 0.2) is 23.3 Å². The van der Waals surface area contributed by atoms with Crippen LogP contribution in [0.5, 0.6) is 0 Å². The minimum Gasteiger partial charge on any atom is -0.393 e. The molecule has 0 amide bonds. The van der Waals surface area contributed by atoms with E-state index in [1.165, 1.54) is 0 Å². The summed E-state index contributed by atoms with van der Waals surface area (Å²) in [5, 5.41) is 11.9. The Morgan fingerprint density at radius 1 is 0.850 bits per heavy atom. The quantitative estimate of drug-likeness (QED) is 0.509.